The standard InChI is InChI=1S/C16H24N2O3/c1-4-21-14-6-5-12(9-15(14)20-3)16(19)18-13-7-8-17-10-11(13)2/h5-6,9,11,13,17H,4,7-8,10H2,1-3H3,(H,18,19). The smallest absolute Gasteiger partial charge is 0.251 e. The third-order valence-electron chi connectivity index (χ3n) is 3.83. The van der Waals surface area contributed by atoms with Crippen LogP contribution in [0.4, 0.5) is 0 Å². The summed E-state index contributed by atoms with van der Waals surface area (Å²) in [7, 11) is 1.58. The summed E-state index contributed by atoms with van der Waals surface area (Å²) in [5.74, 6) is 1.62. The largest absolute Gasteiger partial charge is 0.493 e. The van der Waals surface area contributed by atoms with Crippen molar-refractivity contribution in [1.82, 2.24) is 10.6 Å². The molecule has 1 aromatic carbocycles. The molecular weight excluding hydrogens is 268 g/mol. The SMILES string of the molecule is CCOc1ccc(C(=O)NC2CCNCC2C)cc1OC. The molecule has 0 saturated carbocycles. The average molecular weight is 292 g/mol. The fraction of sp³-hybridized carbons (Fsp3) is 0.562. The van der Waals surface area contributed by atoms with Crippen molar-refractivity contribution in [3.05, 3.63) is 23.8 Å². The summed E-state index contributed by atoms with van der Waals surface area (Å²) in [6.07, 6.45) is 0.959. The lowest BCUT2D eigenvalue weighted by Crippen LogP contribution is -2.48. The zero-order valence-electron chi connectivity index (χ0n) is 12.9. The Hall–Kier alpha value is -1.75. The number of piperidine rings is 1. The molecule has 5 nitrogen and oxygen atoms in total. The van der Waals surface area contributed by atoms with Crippen LogP contribution in [0.3, 0.4) is 0 Å². The van der Waals surface area contributed by atoms with Gasteiger partial charge in [-0.1, -0.05) is 6.92 Å². The second-order valence-electron chi connectivity index (χ2n) is 5.35. The summed E-state index contributed by atoms with van der Waals surface area (Å²) in [4.78, 5) is 12.4. The van der Waals surface area contributed by atoms with E-state index in [4.69, 9.17) is 9.47 Å². The third-order valence-corrected chi connectivity index (χ3v) is 3.83. The maximum absolute atomic E-state index is 12.4. The van der Waals surface area contributed by atoms with E-state index >= 15 is 0 Å². The Bertz CT molecular complexity index is 490. The lowest BCUT2D eigenvalue weighted by atomic mass is 9.95. The van der Waals surface area contributed by atoms with E-state index in [0.717, 1.165) is 19.5 Å². The van der Waals surface area contributed by atoms with E-state index in [0.29, 0.717) is 29.6 Å². The highest BCUT2D eigenvalue weighted by molar-refractivity contribution is 5.95. The maximum Gasteiger partial charge on any atom is 0.251 e. The molecule has 0 aromatic heterocycles. The Morgan fingerprint density at radius 2 is 2.24 bits per heavy atom. The minimum absolute atomic E-state index is 0.0601. The van der Waals surface area contributed by atoms with E-state index in [2.05, 4.69) is 17.6 Å². The van der Waals surface area contributed by atoms with Gasteiger partial charge in [0.1, 0.15) is 0 Å². The molecular formula is C16H24N2O3. The molecule has 116 valence electrons. The van der Waals surface area contributed by atoms with E-state index < -0.39 is 0 Å². The summed E-state index contributed by atoms with van der Waals surface area (Å²) in [6.45, 7) is 6.52. The number of nitrogens with one attached hydrogen (secondary N) is 2. The Morgan fingerprint density at radius 1 is 1.43 bits per heavy atom. The number of carbonyl (C=O) groups is 1. The van der Waals surface area contributed by atoms with Crippen molar-refractivity contribution in [2.45, 2.75) is 26.3 Å². The van der Waals surface area contributed by atoms with Gasteiger partial charge < -0.3 is 20.1 Å². The molecule has 0 spiro atoms. The molecule has 0 aliphatic carbocycles. The molecule has 2 unspecified atom stereocenters. The molecule has 21 heavy (non-hydrogen) atoms. The highest BCUT2D eigenvalue weighted by atomic mass is 16.5. The van der Waals surface area contributed by atoms with Gasteiger partial charge in [0, 0.05) is 11.6 Å². The molecule has 2 rings (SSSR count). The summed E-state index contributed by atoms with van der Waals surface area (Å²) < 4.78 is 10.7. The molecule has 1 heterocycles. The topological polar surface area (TPSA) is 59.6 Å². The first-order chi connectivity index (χ1) is 10.2. The first-order valence-electron chi connectivity index (χ1n) is 7.48. The van der Waals surface area contributed by atoms with Crippen LogP contribution < -0.4 is 20.1 Å². The van der Waals surface area contributed by atoms with E-state index in [9.17, 15) is 4.79 Å². The normalized spacial score (nSPS) is 21.7. The predicted molar refractivity (Wildman–Crippen MR) is 82.1 cm³/mol. The number of rotatable bonds is 5. The molecule has 1 amide bonds. The van der Waals surface area contributed by atoms with Crippen molar-refractivity contribution in [3.8, 4) is 11.5 Å². The second kappa shape index (κ2) is 7.31. The zero-order chi connectivity index (χ0) is 15.2. The zero-order valence-corrected chi connectivity index (χ0v) is 12.9. The number of carbonyl (C=O) groups excluding carboxylic acids is 1. The van der Waals surface area contributed by atoms with Gasteiger partial charge >= 0.3 is 0 Å². The summed E-state index contributed by atoms with van der Waals surface area (Å²) in [5, 5.41) is 6.44. The Kier molecular flexibility index (Phi) is 5.44. The van der Waals surface area contributed by atoms with Gasteiger partial charge in [-0.3, -0.25) is 4.79 Å². The number of methoxy groups -OCH3 is 1. The fourth-order valence-corrected chi connectivity index (χ4v) is 2.56. The number of ether oxygens (including phenoxy) is 2. The highest BCUT2D eigenvalue weighted by Crippen LogP contribution is 2.28. The van der Waals surface area contributed by atoms with Crippen LogP contribution in [-0.2, 0) is 0 Å². The van der Waals surface area contributed by atoms with Gasteiger partial charge in [0.15, 0.2) is 11.5 Å². The molecule has 1 aliphatic rings. The van der Waals surface area contributed by atoms with Crippen molar-refractivity contribution in [2.75, 3.05) is 26.8 Å². The molecule has 1 aromatic rings. The van der Waals surface area contributed by atoms with Crippen molar-refractivity contribution >= 4 is 5.91 Å². The van der Waals surface area contributed by atoms with Crippen molar-refractivity contribution in [2.24, 2.45) is 5.92 Å². The van der Waals surface area contributed by atoms with E-state index in [1.807, 2.05) is 6.92 Å². The molecule has 1 saturated heterocycles. The maximum atomic E-state index is 12.4. The number of hydrogen-bond acceptors (Lipinski definition) is 4. The lowest BCUT2D eigenvalue weighted by Gasteiger charge is -2.30. The van der Waals surface area contributed by atoms with Gasteiger partial charge in [-0.15, -0.1) is 0 Å². The summed E-state index contributed by atoms with van der Waals surface area (Å²) in [6, 6.07) is 5.50. The predicted octanol–water partition coefficient (Wildman–Crippen LogP) is 1.82. The summed E-state index contributed by atoms with van der Waals surface area (Å²) in [5.41, 5.74) is 0.598. The van der Waals surface area contributed by atoms with Crippen LogP contribution in [0.1, 0.15) is 30.6 Å². The van der Waals surface area contributed by atoms with E-state index in [-0.39, 0.29) is 11.9 Å². The fourth-order valence-electron chi connectivity index (χ4n) is 2.56. The molecule has 1 fully saturated rings. The van der Waals surface area contributed by atoms with Crippen LogP contribution in [-0.4, -0.2) is 38.8 Å². The molecule has 2 N–H and O–H groups in total. The Morgan fingerprint density at radius 3 is 2.90 bits per heavy atom. The molecule has 2 atom stereocenters. The van der Waals surface area contributed by atoms with Crippen LogP contribution >= 0.6 is 0 Å². The van der Waals surface area contributed by atoms with Gasteiger partial charge in [-0.25, -0.2) is 0 Å². The quantitative estimate of drug-likeness (QED) is 0.869. The average Bonchev–Trinajstić information content (AvgIpc) is 2.50. The number of amides is 1. The van der Waals surface area contributed by atoms with E-state index in [1.165, 1.54) is 0 Å². The van der Waals surface area contributed by atoms with E-state index in [1.54, 1.807) is 25.3 Å². The van der Waals surface area contributed by atoms with Crippen molar-refractivity contribution < 1.29 is 14.3 Å². The van der Waals surface area contributed by atoms with Gasteiger partial charge in [0.25, 0.3) is 5.91 Å². The monoisotopic (exact) mass is 292 g/mol. The van der Waals surface area contributed by atoms with Gasteiger partial charge in [0.05, 0.1) is 13.7 Å². The van der Waals surface area contributed by atoms with Crippen molar-refractivity contribution in [3.63, 3.8) is 0 Å². The molecule has 5 heteroatoms. The first kappa shape index (κ1) is 15.6. The van der Waals surface area contributed by atoms with Gasteiger partial charge in [0.2, 0.25) is 0 Å². The Balaban J connectivity index is 2.08. The third kappa shape index (κ3) is 3.88. The van der Waals surface area contributed by atoms with Crippen LogP contribution in [0, 0.1) is 5.92 Å². The molecule has 0 radical (unpaired) electrons. The first-order valence-corrected chi connectivity index (χ1v) is 7.48. The molecule has 1 aliphatic heterocycles. The lowest BCUT2D eigenvalue weighted by molar-refractivity contribution is 0.0914. The minimum atomic E-state index is -0.0601. The minimum Gasteiger partial charge on any atom is -0.493 e. The van der Waals surface area contributed by atoms with Gasteiger partial charge in [-0.05, 0) is 50.6 Å². The van der Waals surface area contributed by atoms with Gasteiger partial charge in [-0.2, -0.15) is 0 Å². The Labute approximate surface area is 126 Å². The van der Waals surface area contributed by atoms with Crippen LogP contribution in [0.25, 0.3) is 0 Å². The highest BCUT2D eigenvalue weighted by Gasteiger charge is 2.23. The van der Waals surface area contributed by atoms with Crippen LogP contribution in [0.15, 0.2) is 18.2 Å². The number of benzene rings is 1. The van der Waals surface area contributed by atoms with Crippen LogP contribution in [0.2, 0.25) is 0 Å². The summed E-state index contributed by atoms with van der Waals surface area (Å²) >= 11 is 0. The van der Waals surface area contributed by atoms with Crippen LogP contribution in [0.5, 0.6) is 11.5 Å². The van der Waals surface area contributed by atoms with Crippen molar-refractivity contribution in [1.29, 1.82) is 0 Å². The second-order valence-corrected chi connectivity index (χ2v) is 5.35. The molecule has 0 bridgehead atoms. The number of hydrogen-bond donors (Lipinski definition) is 2.